The molecule has 0 aliphatic carbocycles. The van der Waals surface area contributed by atoms with Gasteiger partial charge in [0.25, 0.3) is 0 Å². The second kappa shape index (κ2) is 8.38. The number of rotatable bonds is 4. The first-order valence-corrected chi connectivity index (χ1v) is 8.01. The van der Waals surface area contributed by atoms with Crippen molar-refractivity contribution in [1.82, 2.24) is 4.72 Å². The first-order valence-electron chi connectivity index (χ1n) is 6.53. The van der Waals surface area contributed by atoms with Crippen molar-refractivity contribution in [3.05, 3.63) is 24.3 Å². The zero-order chi connectivity index (χ0) is 16.3. The van der Waals surface area contributed by atoms with Crippen LogP contribution in [0.1, 0.15) is 34.6 Å². The Bertz CT molecular complexity index is 610. The van der Waals surface area contributed by atoms with Crippen LogP contribution in [0.5, 0.6) is 0 Å². The quantitative estimate of drug-likeness (QED) is 0.759. The summed E-state index contributed by atoms with van der Waals surface area (Å²) in [4.78, 5) is 11.5. The number of hydrogen-bond acceptors (Lipinski definition) is 4. The zero-order valence-electron chi connectivity index (χ0n) is 13.4. The van der Waals surface area contributed by atoms with E-state index in [1.165, 1.54) is 18.2 Å². The first kappa shape index (κ1) is 21.5. The molecule has 0 unspecified atom stereocenters. The Balaban J connectivity index is 0.00000441. The number of benzene rings is 1. The van der Waals surface area contributed by atoms with E-state index in [1.54, 1.807) is 34.6 Å². The van der Waals surface area contributed by atoms with Gasteiger partial charge in [0, 0.05) is 38.2 Å². The van der Waals surface area contributed by atoms with Crippen molar-refractivity contribution in [3.63, 3.8) is 0 Å². The predicted octanol–water partition coefficient (Wildman–Crippen LogP) is 2.52. The van der Waals surface area contributed by atoms with Crippen molar-refractivity contribution in [1.29, 1.82) is 0 Å². The van der Waals surface area contributed by atoms with Gasteiger partial charge in [0.1, 0.15) is 0 Å². The molecule has 6 nitrogen and oxygen atoms in total. The largest absolute Gasteiger partial charge is 0.447 e. The molecule has 0 fully saturated rings. The van der Waals surface area contributed by atoms with Crippen molar-refractivity contribution in [2.24, 2.45) is 0 Å². The van der Waals surface area contributed by atoms with Crippen LogP contribution in [0.2, 0.25) is 0 Å². The van der Waals surface area contributed by atoms with Crippen LogP contribution in [0.4, 0.5) is 10.5 Å². The van der Waals surface area contributed by atoms with Crippen molar-refractivity contribution >= 4 is 21.8 Å². The molecule has 0 aliphatic rings. The third-order valence-corrected chi connectivity index (χ3v) is 3.79. The summed E-state index contributed by atoms with van der Waals surface area (Å²) in [5, 5.41) is 2.48. The summed E-state index contributed by atoms with van der Waals surface area (Å²) in [6.45, 7) is 8.68. The first-order chi connectivity index (χ1) is 9.49. The SMILES string of the molecule is CC(C)OC(=O)Nc1cc[c-]c(S(=O)(=O)NC(C)(C)C)c1.[Y]. The molecule has 121 valence electrons. The summed E-state index contributed by atoms with van der Waals surface area (Å²) < 4.78 is 31.8. The van der Waals surface area contributed by atoms with E-state index in [4.69, 9.17) is 4.74 Å². The van der Waals surface area contributed by atoms with Gasteiger partial charge in [-0.3, -0.25) is 0 Å². The Morgan fingerprint density at radius 3 is 2.41 bits per heavy atom. The van der Waals surface area contributed by atoms with Gasteiger partial charge in [0.15, 0.2) is 0 Å². The number of carbonyl (C=O) groups excluding carboxylic acids is 1. The fraction of sp³-hybridized carbons (Fsp3) is 0.500. The normalized spacial score (nSPS) is 11.7. The van der Waals surface area contributed by atoms with Crippen LogP contribution in [0.15, 0.2) is 23.1 Å². The van der Waals surface area contributed by atoms with Gasteiger partial charge in [-0.25, -0.2) is 17.9 Å². The monoisotopic (exact) mass is 402 g/mol. The van der Waals surface area contributed by atoms with Gasteiger partial charge in [-0.05, 0) is 39.5 Å². The number of hydrogen-bond donors (Lipinski definition) is 2. The molecule has 1 rings (SSSR count). The van der Waals surface area contributed by atoms with Crippen molar-refractivity contribution in [3.8, 4) is 0 Å². The topological polar surface area (TPSA) is 84.5 Å². The van der Waals surface area contributed by atoms with Crippen molar-refractivity contribution in [2.45, 2.75) is 51.2 Å². The molecule has 1 aromatic carbocycles. The minimum Gasteiger partial charge on any atom is -0.447 e. The minimum absolute atomic E-state index is 0. The molecular weight excluding hydrogens is 381 g/mol. The Kier molecular flexibility index (Phi) is 8.19. The molecule has 1 radical (unpaired) electrons. The van der Waals surface area contributed by atoms with Crippen LogP contribution in [-0.2, 0) is 47.5 Å². The molecular formula is C14H21N2O4SY-. The molecule has 0 aliphatic heterocycles. The summed E-state index contributed by atoms with van der Waals surface area (Å²) in [5.74, 6) is 0. The second-order valence-corrected chi connectivity index (χ2v) is 7.53. The van der Waals surface area contributed by atoms with Crippen LogP contribution >= 0.6 is 0 Å². The Labute approximate surface area is 157 Å². The molecule has 8 heteroatoms. The van der Waals surface area contributed by atoms with E-state index in [0.717, 1.165) is 0 Å². The Hall–Kier alpha value is -0.496. The van der Waals surface area contributed by atoms with E-state index < -0.39 is 21.7 Å². The third-order valence-electron chi connectivity index (χ3n) is 2.09. The summed E-state index contributed by atoms with van der Waals surface area (Å²) in [5.41, 5.74) is -0.277. The van der Waals surface area contributed by atoms with E-state index in [2.05, 4.69) is 16.1 Å². The number of nitrogens with one attached hydrogen (secondary N) is 2. The summed E-state index contributed by atoms with van der Waals surface area (Å²) in [7, 11) is -3.70. The molecule has 0 spiro atoms. The molecule has 0 bridgehead atoms. The average molecular weight is 402 g/mol. The summed E-state index contributed by atoms with van der Waals surface area (Å²) in [6.07, 6.45) is -0.894. The molecule has 0 saturated carbocycles. The van der Waals surface area contributed by atoms with Gasteiger partial charge in [-0.2, -0.15) is 12.1 Å². The molecule has 0 aromatic heterocycles. The molecule has 1 aromatic rings. The molecule has 1 amide bonds. The number of carbonyl (C=O) groups is 1. The molecule has 22 heavy (non-hydrogen) atoms. The van der Waals surface area contributed by atoms with E-state index >= 15 is 0 Å². The van der Waals surface area contributed by atoms with Gasteiger partial charge in [-0.1, -0.05) is 5.69 Å². The van der Waals surface area contributed by atoms with Gasteiger partial charge in [0.2, 0.25) is 10.0 Å². The minimum atomic E-state index is -3.70. The third kappa shape index (κ3) is 7.67. The Morgan fingerprint density at radius 2 is 1.91 bits per heavy atom. The Morgan fingerprint density at radius 1 is 1.32 bits per heavy atom. The van der Waals surface area contributed by atoms with Crippen molar-refractivity contribution in [2.75, 3.05) is 5.32 Å². The van der Waals surface area contributed by atoms with Crippen molar-refractivity contribution < 1.29 is 50.7 Å². The summed E-state index contributed by atoms with van der Waals surface area (Å²) >= 11 is 0. The van der Waals surface area contributed by atoms with E-state index in [1.807, 2.05) is 0 Å². The summed E-state index contributed by atoms with van der Waals surface area (Å²) in [6, 6.07) is 6.94. The molecule has 0 saturated heterocycles. The maximum Gasteiger partial charge on any atom is 0.410 e. The fourth-order valence-corrected chi connectivity index (χ4v) is 2.92. The number of ether oxygens (including phenoxy) is 1. The number of amides is 1. The van der Waals surface area contributed by atoms with Crippen LogP contribution in [0, 0.1) is 6.07 Å². The predicted molar refractivity (Wildman–Crippen MR) is 80.6 cm³/mol. The molecule has 2 N–H and O–H groups in total. The maximum absolute atomic E-state index is 12.2. The molecule has 0 atom stereocenters. The number of sulfonamides is 1. The fourth-order valence-electron chi connectivity index (χ4n) is 1.50. The van der Waals surface area contributed by atoms with Gasteiger partial charge < -0.3 is 10.1 Å². The average Bonchev–Trinajstić information content (AvgIpc) is 2.24. The van der Waals surface area contributed by atoms with Crippen LogP contribution < -0.4 is 10.0 Å². The van der Waals surface area contributed by atoms with E-state index in [9.17, 15) is 13.2 Å². The smallest absolute Gasteiger partial charge is 0.410 e. The van der Waals surface area contributed by atoms with Gasteiger partial charge >= 0.3 is 6.09 Å². The maximum atomic E-state index is 12.2. The van der Waals surface area contributed by atoms with Gasteiger partial charge in [-0.15, -0.1) is 12.1 Å². The second-order valence-electron chi connectivity index (χ2n) is 5.88. The van der Waals surface area contributed by atoms with Crippen LogP contribution in [-0.4, -0.2) is 26.2 Å². The van der Waals surface area contributed by atoms with Gasteiger partial charge in [0.05, 0.1) is 6.10 Å². The number of anilines is 1. The standard InChI is InChI=1S/C14H21N2O4S.Y/c1-10(2)20-13(17)15-11-7-6-8-12(9-11)21(18,19)16-14(3,4)5;/h6-7,9-10,16H,1-5H3,(H,15,17);/q-1;. The molecule has 0 heterocycles. The van der Waals surface area contributed by atoms with Crippen LogP contribution in [0.3, 0.4) is 0 Å². The van der Waals surface area contributed by atoms with E-state index in [0.29, 0.717) is 5.69 Å². The van der Waals surface area contributed by atoms with E-state index in [-0.39, 0.29) is 43.7 Å². The zero-order valence-corrected chi connectivity index (χ0v) is 17.1. The van der Waals surface area contributed by atoms with Crippen LogP contribution in [0.25, 0.3) is 0 Å².